The van der Waals surface area contributed by atoms with Gasteiger partial charge in [-0.25, -0.2) is 0 Å². The Labute approximate surface area is 704 Å². The van der Waals surface area contributed by atoms with Crippen LogP contribution in [0.15, 0.2) is 218 Å². The molecule has 0 spiro atoms. The van der Waals surface area contributed by atoms with Gasteiger partial charge >= 0.3 is 0 Å². The lowest BCUT2D eigenvalue weighted by atomic mass is 9.80. The molecule has 19 rings (SSSR count). The van der Waals surface area contributed by atoms with Crippen LogP contribution in [0.4, 0.5) is 0 Å². The summed E-state index contributed by atoms with van der Waals surface area (Å²) < 4.78 is 75.3. The molecule has 122 heavy (non-hydrogen) atoms. The summed E-state index contributed by atoms with van der Waals surface area (Å²) in [6, 6.07) is 69.1. The summed E-state index contributed by atoms with van der Waals surface area (Å²) in [7, 11) is 0. The summed E-state index contributed by atoms with van der Waals surface area (Å²) in [6.45, 7) is 11.3. The van der Waals surface area contributed by atoms with Crippen LogP contribution in [0.3, 0.4) is 0 Å². The number of amides is 6. The van der Waals surface area contributed by atoms with E-state index in [-0.39, 0.29) is 165 Å². The Bertz CT molecular complexity index is 5510. The van der Waals surface area contributed by atoms with Gasteiger partial charge in [0.05, 0.1) is 102 Å². The van der Waals surface area contributed by atoms with Crippen LogP contribution in [0, 0.1) is 27.7 Å². The van der Waals surface area contributed by atoms with Gasteiger partial charge < -0.3 is 66.6 Å². The number of carbonyl (C=O) groups excluding carboxylic acids is 6. The minimum absolute atomic E-state index is 0.0101. The molecule has 0 saturated carbocycles. The first-order valence-corrected chi connectivity index (χ1v) is 41.4. The largest absolute Gasteiger partial charge is 0.457 e. The average Bonchev–Trinajstić information content (AvgIpc) is 1.45. The molecule has 4 atom stereocenters. The third kappa shape index (κ3) is 17.0. The lowest BCUT2D eigenvalue weighted by molar-refractivity contribution is -0.133. The number of rotatable bonds is 36. The highest BCUT2D eigenvalue weighted by molar-refractivity contribution is 6.45. The van der Waals surface area contributed by atoms with E-state index < -0.39 is 48.5 Å². The number of epoxide rings is 4. The fourth-order valence-electron chi connectivity index (χ4n) is 16.3. The summed E-state index contributed by atoms with van der Waals surface area (Å²) in [5, 5.41) is 1.93. The fourth-order valence-corrected chi connectivity index (χ4v) is 16.3. The van der Waals surface area contributed by atoms with E-state index in [1.807, 2.05) is 198 Å². The third-order valence-corrected chi connectivity index (χ3v) is 22.9. The maximum atomic E-state index is 16.4. The Morgan fingerprint density at radius 3 is 0.746 bits per heavy atom. The molecule has 22 nitrogen and oxygen atoms in total. The Morgan fingerprint density at radius 2 is 0.533 bits per heavy atom. The topological polar surface area (TPSA) is 239 Å². The lowest BCUT2D eigenvalue weighted by Gasteiger charge is -2.33. The summed E-state index contributed by atoms with van der Waals surface area (Å²) in [5.74, 6) is -2.78. The van der Waals surface area contributed by atoms with Crippen molar-refractivity contribution in [2.24, 2.45) is 0 Å². The molecule has 0 aromatic heterocycles. The molecular weight excluding hydrogens is 1550 g/mol. The van der Waals surface area contributed by atoms with Gasteiger partial charge in [0.1, 0.15) is 83.5 Å². The van der Waals surface area contributed by atoms with Gasteiger partial charge in [0.15, 0.2) is 0 Å². The number of ether oxygens (including phenoxy) is 12. The second-order valence-electron chi connectivity index (χ2n) is 31.9. The van der Waals surface area contributed by atoms with E-state index in [1.54, 1.807) is 24.3 Å². The number of fused-ring (bicyclic) bond motifs is 2. The zero-order valence-electron chi connectivity index (χ0n) is 68.0. The van der Waals surface area contributed by atoms with Gasteiger partial charge in [0.2, 0.25) is 11.8 Å². The van der Waals surface area contributed by atoms with Crippen LogP contribution in [0.5, 0.6) is 46.0 Å². The quantitative estimate of drug-likeness (QED) is 0.0117. The van der Waals surface area contributed by atoms with Crippen molar-refractivity contribution in [1.82, 2.24) is 19.6 Å². The number of carbonyl (C=O) groups is 6. The van der Waals surface area contributed by atoms with E-state index >= 15 is 28.8 Å². The first-order chi connectivity index (χ1) is 59.5. The Balaban J connectivity index is 0.856. The van der Waals surface area contributed by atoms with E-state index in [4.69, 9.17) is 56.8 Å². The van der Waals surface area contributed by atoms with E-state index in [9.17, 15) is 0 Å². The monoisotopic (exact) mass is 1630 g/mol. The van der Waals surface area contributed by atoms with Crippen LogP contribution in [0.1, 0.15) is 63.7 Å². The second kappa shape index (κ2) is 34.0. The van der Waals surface area contributed by atoms with Crippen LogP contribution in [-0.2, 0) is 47.5 Å². The predicted molar refractivity (Wildman–Crippen MR) is 461 cm³/mol. The summed E-state index contributed by atoms with van der Waals surface area (Å²) >= 11 is 0. The summed E-state index contributed by atoms with van der Waals surface area (Å²) in [5.41, 5.74) is 11.6. The molecule has 4 unspecified atom stereocenters. The van der Waals surface area contributed by atoms with Gasteiger partial charge in [-0.05, 0) is 145 Å². The zero-order chi connectivity index (χ0) is 83.2. The van der Waals surface area contributed by atoms with Gasteiger partial charge in [-0.2, -0.15) is 0 Å². The number of hydrogen-bond donors (Lipinski definition) is 0. The van der Waals surface area contributed by atoms with Crippen molar-refractivity contribution in [3.05, 3.63) is 263 Å². The van der Waals surface area contributed by atoms with Crippen LogP contribution >= 0.6 is 0 Å². The van der Waals surface area contributed by atoms with Crippen molar-refractivity contribution in [1.29, 1.82) is 0 Å². The molecule has 0 aliphatic carbocycles. The average molecular weight is 1630 g/mol. The maximum absolute atomic E-state index is 16.4. The number of hydrogen-bond acceptors (Lipinski definition) is 18. The smallest absolute Gasteiger partial charge is 0.262 e. The van der Waals surface area contributed by atoms with Gasteiger partial charge in [-0.3, -0.25) is 38.6 Å². The van der Waals surface area contributed by atoms with Crippen LogP contribution < -0.4 is 18.9 Å². The summed E-state index contributed by atoms with van der Waals surface area (Å²) in [4.78, 5) is 101. The molecule has 6 aliphatic heterocycles. The molecule has 0 bridgehead atoms. The number of imide groups is 2. The van der Waals surface area contributed by atoms with Gasteiger partial charge in [-0.1, -0.05) is 168 Å². The highest BCUT2D eigenvalue weighted by atomic mass is 16.6. The molecule has 616 valence electrons. The van der Waals surface area contributed by atoms with Crippen molar-refractivity contribution < 1.29 is 85.6 Å². The molecular formula is C100H88N4O18. The van der Waals surface area contributed by atoms with Crippen molar-refractivity contribution in [2.75, 3.05) is 119 Å². The number of nitrogens with zero attached hydrogens (tertiary/aromatic N) is 4. The number of aryl methyl sites for hydroxylation is 4. The SMILES string of the molecule is Cc1cccc(-c2ccc(Oc3cc4c5c(cc(Oc6ccc(-c7cccc(C)c7)cc6)c6c7c(Oc8ccc(-c9cccc(C)c9)cc8)cc8c9c(cc(Oc%10ccc(-c%11cccc(C)c%11)cc%10)c(c3c56)c97)C(=O)N(CC(=O)N(CCOCC3CO3)CCOCC3CO3)C8=O)C(=O)N(CC(=O)N(CCOCC3CO3)CCOCC3CO3)C4=O)cc2)c1. The minimum atomic E-state index is -0.811. The normalized spacial score (nSPS) is 16.8. The highest BCUT2D eigenvalue weighted by Gasteiger charge is 2.44. The first kappa shape index (κ1) is 79.1. The molecule has 6 aliphatic rings. The van der Waals surface area contributed by atoms with E-state index in [1.165, 1.54) is 9.80 Å². The van der Waals surface area contributed by atoms with Gasteiger partial charge in [-0.15, -0.1) is 0 Å². The highest BCUT2D eigenvalue weighted by Crippen LogP contribution is 2.58. The standard InChI is InChI=1S/C100H88N4O18/c1-59-9-5-13-67(41-59)63-17-25-71(26-18-63)119-83-45-79-89-80(98(108)103(97(79)107)49-87(105)101(33-37-111-51-75-55-115-75)34-38-112-52-76-56-116-76)47-85(121-73-29-21-65(22-30-73)69-15-7-11-61(3)43-69)93-94-86(122-74-31-23-66(24-32-74)70-16-8-12-62(4)44-70)48-82-90-81(99(109)104(100(82)110)50-88(106)102(35-39-113-53-77-57-117-77)36-40-114-54-78-58-118-78)46-84(92(96(90)94)91(83)95(89)93)120-72-27-19-64(20-28-72)68-14-6-10-60(2)42-68/h5-32,41-48,75-78H,33-40,49-58H2,1-4H3. The third-order valence-electron chi connectivity index (χ3n) is 22.9. The number of benzene rings is 13. The van der Waals surface area contributed by atoms with Gasteiger partial charge in [0, 0.05) is 69.3 Å². The van der Waals surface area contributed by atoms with Crippen molar-refractivity contribution in [3.63, 3.8) is 0 Å². The van der Waals surface area contributed by atoms with E-state index in [2.05, 4.69) is 24.3 Å². The first-order valence-electron chi connectivity index (χ1n) is 41.4. The van der Waals surface area contributed by atoms with E-state index in [0.717, 1.165) is 76.6 Å². The molecule has 0 radical (unpaired) electrons. The van der Waals surface area contributed by atoms with Crippen molar-refractivity contribution in [2.45, 2.75) is 52.1 Å². The Hall–Kier alpha value is -12.7. The molecule has 0 N–H and O–H groups in total. The zero-order valence-corrected chi connectivity index (χ0v) is 68.0. The Morgan fingerprint density at radius 1 is 0.303 bits per heavy atom. The molecule has 13 aromatic carbocycles. The molecule has 6 amide bonds. The molecule has 6 heterocycles. The van der Waals surface area contributed by atoms with Gasteiger partial charge in [0.25, 0.3) is 23.6 Å². The minimum Gasteiger partial charge on any atom is -0.457 e. The molecule has 4 saturated heterocycles. The fraction of sp³-hybridized carbons (Fsp3) is 0.260. The van der Waals surface area contributed by atoms with E-state index in [0.29, 0.717) is 75.9 Å². The summed E-state index contributed by atoms with van der Waals surface area (Å²) in [6.07, 6.45) is -0.147. The predicted octanol–water partition coefficient (Wildman–Crippen LogP) is 17.3. The van der Waals surface area contributed by atoms with Crippen molar-refractivity contribution in [3.8, 4) is 90.5 Å². The Kier molecular flexibility index (Phi) is 22.1. The lowest BCUT2D eigenvalue weighted by Crippen LogP contribution is -2.48. The molecule has 13 aromatic rings. The maximum Gasteiger partial charge on any atom is 0.262 e. The molecule has 4 fully saturated rings. The van der Waals surface area contributed by atoms with Crippen LogP contribution in [0.25, 0.3) is 87.6 Å². The van der Waals surface area contributed by atoms with Crippen molar-refractivity contribution >= 4 is 78.5 Å². The van der Waals surface area contributed by atoms with Crippen LogP contribution in [0.2, 0.25) is 0 Å². The molecule has 22 heteroatoms. The van der Waals surface area contributed by atoms with Crippen LogP contribution in [-0.4, -0.2) is 198 Å². The second-order valence-corrected chi connectivity index (χ2v) is 31.9.